The number of nitrogens with zero attached hydrogens (tertiary/aromatic N) is 2. The second-order valence-corrected chi connectivity index (χ2v) is 5.65. The number of aromatic nitrogens is 2. The summed E-state index contributed by atoms with van der Waals surface area (Å²) in [6, 6.07) is 0.496. The first-order chi connectivity index (χ1) is 6.91. The maximum Gasteiger partial charge on any atom is 0.114 e. The van der Waals surface area contributed by atoms with Gasteiger partial charge in [0.25, 0.3) is 0 Å². The second kappa shape index (κ2) is 3.34. The summed E-state index contributed by atoms with van der Waals surface area (Å²) < 4.78 is 2.40. The Morgan fingerprint density at radius 3 is 2.47 bits per heavy atom. The van der Waals surface area contributed by atoms with Gasteiger partial charge >= 0.3 is 0 Å². The Kier molecular flexibility index (Phi) is 2.38. The molecule has 2 rings (SSSR count). The molecule has 0 radical (unpaired) electrons. The fourth-order valence-electron chi connectivity index (χ4n) is 2.23. The highest BCUT2D eigenvalue weighted by atomic mass is 15.2. The molecule has 84 valence electrons. The SMILES string of the molecule is CC(C)n1c(C(C)(C)C)nc2c1CNC2. The van der Waals surface area contributed by atoms with Crippen molar-refractivity contribution in [1.29, 1.82) is 0 Å². The molecule has 0 fully saturated rings. The molecule has 0 spiro atoms. The van der Waals surface area contributed by atoms with Gasteiger partial charge in [0.2, 0.25) is 0 Å². The topological polar surface area (TPSA) is 29.9 Å². The number of fused-ring (bicyclic) bond motifs is 1. The summed E-state index contributed by atoms with van der Waals surface area (Å²) in [5.74, 6) is 1.23. The first kappa shape index (κ1) is 10.7. The molecule has 0 amide bonds. The molecular formula is C12H21N3. The van der Waals surface area contributed by atoms with E-state index in [0.29, 0.717) is 6.04 Å². The Morgan fingerprint density at radius 2 is 1.93 bits per heavy atom. The van der Waals surface area contributed by atoms with Crippen LogP contribution in [0.1, 0.15) is 57.9 Å². The summed E-state index contributed by atoms with van der Waals surface area (Å²) in [4.78, 5) is 4.78. The van der Waals surface area contributed by atoms with Crippen molar-refractivity contribution in [2.24, 2.45) is 0 Å². The molecule has 1 N–H and O–H groups in total. The summed E-state index contributed by atoms with van der Waals surface area (Å²) in [6.45, 7) is 13.1. The number of rotatable bonds is 1. The van der Waals surface area contributed by atoms with Crippen molar-refractivity contribution in [3.63, 3.8) is 0 Å². The van der Waals surface area contributed by atoms with E-state index in [1.807, 2.05) is 0 Å². The zero-order chi connectivity index (χ0) is 11.2. The van der Waals surface area contributed by atoms with Crippen LogP contribution in [0.15, 0.2) is 0 Å². The Morgan fingerprint density at radius 1 is 1.27 bits per heavy atom. The summed E-state index contributed by atoms with van der Waals surface area (Å²) in [5, 5.41) is 3.36. The predicted octanol–water partition coefficient (Wildman–Crippen LogP) is 2.36. The van der Waals surface area contributed by atoms with Crippen molar-refractivity contribution in [2.75, 3.05) is 0 Å². The van der Waals surface area contributed by atoms with Crippen molar-refractivity contribution in [3.8, 4) is 0 Å². The van der Waals surface area contributed by atoms with Crippen LogP contribution >= 0.6 is 0 Å². The van der Waals surface area contributed by atoms with Gasteiger partial charge in [-0.15, -0.1) is 0 Å². The van der Waals surface area contributed by atoms with Crippen LogP contribution in [-0.4, -0.2) is 9.55 Å². The minimum absolute atomic E-state index is 0.134. The van der Waals surface area contributed by atoms with Gasteiger partial charge in [-0.05, 0) is 13.8 Å². The molecule has 3 heteroatoms. The van der Waals surface area contributed by atoms with E-state index in [1.165, 1.54) is 17.2 Å². The molecule has 0 unspecified atom stereocenters. The number of nitrogens with one attached hydrogen (secondary N) is 1. The maximum atomic E-state index is 4.78. The zero-order valence-corrected chi connectivity index (χ0v) is 10.4. The largest absolute Gasteiger partial charge is 0.328 e. The molecule has 0 aromatic carbocycles. The zero-order valence-electron chi connectivity index (χ0n) is 10.4. The number of hydrogen-bond acceptors (Lipinski definition) is 2. The summed E-state index contributed by atoms with van der Waals surface area (Å²) in [6.07, 6.45) is 0. The summed E-state index contributed by atoms with van der Waals surface area (Å²) >= 11 is 0. The lowest BCUT2D eigenvalue weighted by Crippen LogP contribution is -2.22. The summed E-state index contributed by atoms with van der Waals surface area (Å²) in [7, 11) is 0. The normalized spacial score (nSPS) is 16.1. The lowest BCUT2D eigenvalue weighted by Gasteiger charge is -2.23. The van der Waals surface area contributed by atoms with E-state index >= 15 is 0 Å². The van der Waals surface area contributed by atoms with Crippen LogP contribution in [0.2, 0.25) is 0 Å². The highest BCUT2D eigenvalue weighted by molar-refractivity contribution is 5.25. The monoisotopic (exact) mass is 207 g/mol. The van der Waals surface area contributed by atoms with Crippen molar-refractivity contribution in [2.45, 2.75) is 59.2 Å². The standard InChI is InChI=1S/C12H21N3/c1-8(2)15-10-7-13-6-9(10)14-11(15)12(3,4)5/h8,13H,6-7H2,1-5H3. The van der Waals surface area contributed by atoms with Crippen LogP contribution < -0.4 is 5.32 Å². The van der Waals surface area contributed by atoms with Crippen LogP contribution in [0, 0.1) is 0 Å². The van der Waals surface area contributed by atoms with E-state index in [9.17, 15) is 0 Å². The van der Waals surface area contributed by atoms with E-state index in [0.717, 1.165) is 13.1 Å². The van der Waals surface area contributed by atoms with Gasteiger partial charge in [-0.1, -0.05) is 20.8 Å². The van der Waals surface area contributed by atoms with Crippen molar-refractivity contribution in [1.82, 2.24) is 14.9 Å². The minimum Gasteiger partial charge on any atom is -0.328 e. The molecule has 1 aliphatic heterocycles. The Labute approximate surface area is 91.9 Å². The van der Waals surface area contributed by atoms with E-state index in [-0.39, 0.29) is 5.41 Å². The van der Waals surface area contributed by atoms with Gasteiger partial charge in [0.15, 0.2) is 0 Å². The lowest BCUT2D eigenvalue weighted by atomic mass is 9.95. The molecule has 2 heterocycles. The van der Waals surface area contributed by atoms with Crippen LogP contribution in [0.4, 0.5) is 0 Å². The minimum atomic E-state index is 0.134. The maximum absolute atomic E-state index is 4.78. The molecule has 1 aliphatic rings. The van der Waals surface area contributed by atoms with Gasteiger partial charge in [-0.3, -0.25) is 0 Å². The quantitative estimate of drug-likeness (QED) is 0.766. The third kappa shape index (κ3) is 1.69. The lowest BCUT2D eigenvalue weighted by molar-refractivity contribution is 0.455. The molecular weight excluding hydrogens is 186 g/mol. The highest BCUT2D eigenvalue weighted by Crippen LogP contribution is 2.29. The Balaban J connectivity index is 2.56. The van der Waals surface area contributed by atoms with Crippen LogP contribution in [0.3, 0.4) is 0 Å². The number of hydrogen-bond donors (Lipinski definition) is 1. The van der Waals surface area contributed by atoms with Crippen LogP contribution in [0.25, 0.3) is 0 Å². The predicted molar refractivity (Wildman–Crippen MR) is 61.9 cm³/mol. The Hall–Kier alpha value is -0.830. The average molecular weight is 207 g/mol. The third-order valence-corrected chi connectivity index (χ3v) is 2.87. The molecule has 0 saturated carbocycles. The second-order valence-electron chi connectivity index (χ2n) is 5.65. The molecule has 0 bridgehead atoms. The van der Waals surface area contributed by atoms with Crippen molar-refractivity contribution < 1.29 is 0 Å². The van der Waals surface area contributed by atoms with Gasteiger partial charge in [0.05, 0.1) is 11.4 Å². The average Bonchev–Trinajstić information content (AvgIpc) is 2.56. The fourth-order valence-corrected chi connectivity index (χ4v) is 2.23. The van der Waals surface area contributed by atoms with E-state index < -0.39 is 0 Å². The highest BCUT2D eigenvalue weighted by Gasteiger charge is 2.28. The van der Waals surface area contributed by atoms with Gasteiger partial charge in [0.1, 0.15) is 5.82 Å². The number of imidazole rings is 1. The molecule has 0 aliphatic carbocycles. The third-order valence-electron chi connectivity index (χ3n) is 2.87. The summed E-state index contributed by atoms with van der Waals surface area (Å²) in [5.41, 5.74) is 2.76. The van der Waals surface area contributed by atoms with Gasteiger partial charge < -0.3 is 9.88 Å². The molecule has 0 atom stereocenters. The molecule has 0 saturated heterocycles. The fraction of sp³-hybridized carbons (Fsp3) is 0.750. The van der Waals surface area contributed by atoms with Crippen molar-refractivity contribution in [3.05, 3.63) is 17.2 Å². The van der Waals surface area contributed by atoms with Crippen LogP contribution in [-0.2, 0) is 18.5 Å². The van der Waals surface area contributed by atoms with Gasteiger partial charge in [-0.25, -0.2) is 4.98 Å². The molecule has 15 heavy (non-hydrogen) atoms. The molecule has 3 nitrogen and oxygen atoms in total. The van der Waals surface area contributed by atoms with E-state index in [2.05, 4.69) is 44.5 Å². The Bertz CT molecular complexity index is 369. The first-order valence-corrected chi connectivity index (χ1v) is 5.72. The smallest absolute Gasteiger partial charge is 0.114 e. The van der Waals surface area contributed by atoms with Gasteiger partial charge in [0, 0.05) is 24.5 Å². The van der Waals surface area contributed by atoms with E-state index in [4.69, 9.17) is 4.98 Å². The first-order valence-electron chi connectivity index (χ1n) is 5.72. The molecule has 1 aromatic rings. The molecule has 1 aromatic heterocycles. The van der Waals surface area contributed by atoms with Crippen molar-refractivity contribution >= 4 is 0 Å². The van der Waals surface area contributed by atoms with Crippen LogP contribution in [0.5, 0.6) is 0 Å². The van der Waals surface area contributed by atoms with E-state index in [1.54, 1.807) is 0 Å². The van der Waals surface area contributed by atoms with Gasteiger partial charge in [-0.2, -0.15) is 0 Å².